The van der Waals surface area contributed by atoms with Gasteiger partial charge >= 0.3 is 0 Å². The molecule has 1 aromatic carbocycles. The summed E-state index contributed by atoms with van der Waals surface area (Å²) < 4.78 is 39.2. The number of thioether (sulfide) groups is 1. The van der Waals surface area contributed by atoms with Gasteiger partial charge in [-0.15, -0.1) is 0 Å². The van der Waals surface area contributed by atoms with E-state index in [-0.39, 0.29) is 11.7 Å². The highest BCUT2D eigenvalue weighted by molar-refractivity contribution is 8.14. The van der Waals surface area contributed by atoms with E-state index in [0.29, 0.717) is 17.2 Å². The summed E-state index contributed by atoms with van der Waals surface area (Å²) >= 11 is 1.44. The second-order valence-electron chi connectivity index (χ2n) is 4.33. The van der Waals surface area contributed by atoms with Crippen molar-refractivity contribution in [2.24, 2.45) is 10.9 Å². The lowest BCUT2D eigenvalue weighted by atomic mass is 10.1. The van der Waals surface area contributed by atoms with Crippen LogP contribution in [0.1, 0.15) is 13.8 Å². The van der Waals surface area contributed by atoms with Gasteiger partial charge in [0.05, 0.1) is 11.7 Å². The van der Waals surface area contributed by atoms with Crippen molar-refractivity contribution in [2.75, 3.05) is 11.1 Å². The number of halogens is 3. The van der Waals surface area contributed by atoms with Crippen LogP contribution in [0.25, 0.3) is 0 Å². The Labute approximate surface area is 108 Å². The van der Waals surface area contributed by atoms with Gasteiger partial charge in [-0.1, -0.05) is 18.7 Å². The van der Waals surface area contributed by atoms with E-state index in [2.05, 4.69) is 17.2 Å². The molecule has 2 atom stereocenters. The van der Waals surface area contributed by atoms with Crippen LogP contribution in [0.4, 0.5) is 18.9 Å². The van der Waals surface area contributed by atoms with Gasteiger partial charge in [0.25, 0.3) is 0 Å². The summed E-state index contributed by atoms with van der Waals surface area (Å²) in [5.74, 6) is -1.81. The molecule has 2 unspecified atom stereocenters. The predicted octanol–water partition coefficient (Wildman–Crippen LogP) is 3.64. The van der Waals surface area contributed by atoms with E-state index < -0.39 is 17.5 Å². The molecule has 2 nitrogen and oxygen atoms in total. The first-order valence-electron chi connectivity index (χ1n) is 5.59. The quantitative estimate of drug-likeness (QED) is 0.791. The van der Waals surface area contributed by atoms with Crippen LogP contribution in [0.15, 0.2) is 17.1 Å². The second-order valence-corrected chi connectivity index (χ2v) is 5.34. The van der Waals surface area contributed by atoms with E-state index in [0.717, 1.165) is 11.8 Å². The van der Waals surface area contributed by atoms with E-state index in [4.69, 9.17) is 0 Å². The number of hydrogen-bond donors (Lipinski definition) is 1. The molecule has 2 rings (SSSR count). The number of amidine groups is 1. The number of anilines is 1. The molecule has 0 radical (unpaired) electrons. The van der Waals surface area contributed by atoms with Crippen LogP contribution in [0.3, 0.4) is 0 Å². The Morgan fingerprint density at radius 1 is 1.17 bits per heavy atom. The number of rotatable bonds is 1. The average Bonchev–Trinajstić information content (AvgIpc) is 2.31. The summed E-state index contributed by atoms with van der Waals surface area (Å²) in [7, 11) is 0. The first-order chi connectivity index (χ1) is 8.47. The molecule has 98 valence electrons. The number of benzene rings is 1. The maximum atomic E-state index is 13.4. The van der Waals surface area contributed by atoms with Gasteiger partial charge in [0.15, 0.2) is 16.8 Å². The lowest BCUT2D eigenvalue weighted by Gasteiger charge is -2.23. The van der Waals surface area contributed by atoms with Gasteiger partial charge in [0.1, 0.15) is 5.82 Å². The maximum absolute atomic E-state index is 13.4. The van der Waals surface area contributed by atoms with Crippen molar-refractivity contribution in [3.8, 4) is 0 Å². The van der Waals surface area contributed by atoms with E-state index in [1.807, 2.05) is 6.92 Å². The SMILES string of the molecule is CC1CSC(Nc2cc(F)c(F)cc2F)=NC1C. The minimum Gasteiger partial charge on any atom is -0.332 e. The smallest absolute Gasteiger partial charge is 0.161 e. The second kappa shape index (κ2) is 5.22. The average molecular weight is 274 g/mol. The van der Waals surface area contributed by atoms with Crippen LogP contribution in [-0.4, -0.2) is 17.0 Å². The molecule has 0 bridgehead atoms. The van der Waals surface area contributed by atoms with Crippen LogP contribution in [0.2, 0.25) is 0 Å². The fourth-order valence-corrected chi connectivity index (χ4v) is 2.62. The number of nitrogens with one attached hydrogen (secondary N) is 1. The molecule has 0 saturated heterocycles. The fraction of sp³-hybridized carbons (Fsp3) is 0.417. The summed E-state index contributed by atoms with van der Waals surface area (Å²) in [5.41, 5.74) is -0.0955. The minimum absolute atomic E-state index is 0.0955. The summed E-state index contributed by atoms with van der Waals surface area (Å²) in [6.07, 6.45) is 0. The molecule has 0 saturated carbocycles. The van der Waals surface area contributed by atoms with Crippen molar-refractivity contribution < 1.29 is 13.2 Å². The van der Waals surface area contributed by atoms with Crippen molar-refractivity contribution in [3.05, 3.63) is 29.6 Å². The van der Waals surface area contributed by atoms with Gasteiger partial charge in [-0.05, 0) is 12.8 Å². The van der Waals surface area contributed by atoms with Gasteiger partial charge in [-0.3, -0.25) is 4.99 Å². The minimum atomic E-state index is -1.20. The van der Waals surface area contributed by atoms with E-state index in [9.17, 15) is 13.2 Å². The zero-order valence-corrected chi connectivity index (χ0v) is 10.8. The molecule has 1 heterocycles. The summed E-state index contributed by atoms with van der Waals surface area (Å²) in [6.45, 7) is 4.05. The lowest BCUT2D eigenvalue weighted by Crippen LogP contribution is -2.25. The van der Waals surface area contributed by atoms with Gasteiger partial charge in [-0.2, -0.15) is 0 Å². The topological polar surface area (TPSA) is 24.4 Å². The zero-order chi connectivity index (χ0) is 13.3. The highest BCUT2D eigenvalue weighted by Gasteiger charge is 2.20. The van der Waals surface area contributed by atoms with Crippen LogP contribution >= 0.6 is 11.8 Å². The number of aliphatic imine (C=N–C) groups is 1. The molecule has 0 amide bonds. The van der Waals surface area contributed by atoms with E-state index in [1.165, 1.54) is 11.8 Å². The Morgan fingerprint density at radius 3 is 2.50 bits per heavy atom. The zero-order valence-electron chi connectivity index (χ0n) is 10.0. The molecule has 1 N–H and O–H groups in total. The highest BCUT2D eigenvalue weighted by atomic mass is 32.2. The largest absolute Gasteiger partial charge is 0.332 e. The summed E-state index contributed by atoms with van der Waals surface area (Å²) in [6, 6.07) is 1.45. The Morgan fingerprint density at radius 2 is 1.83 bits per heavy atom. The Bertz CT molecular complexity index is 490. The van der Waals surface area contributed by atoms with E-state index >= 15 is 0 Å². The maximum Gasteiger partial charge on any atom is 0.161 e. The van der Waals surface area contributed by atoms with Crippen molar-refractivity contribution in [1.29, 1.82) is 0 Å². The van der Waals surface area contributed by atoms with Gasteiger partial charge in [0.2, 0.25) is 0 Å². The molecule has 1 aliphatic heterocycles. The predicted molar refractivity (Wildman–Crippen MR) is 68.5 cm³/mol. The number of hydrogen-bond acceptors (Lipinski definition) is 3. The third-order valence-electron chi connectivity index (χ3n) is 2.88. The first kappa shape index (κ1) is 13.3. The molecule has 0 aromatic heterocycles. The van der Waals surface area contributed by atoms with Crippen LogP contribution in [-0.2, 0) is 0 Å². The molecular weight excluding hydrogens is 261 g/mol. The molecule has 0 fully saturated rings. The molecule has 1 aromatic rings. The Kier molecular flexibility index (Phi) is 3.85. The van der Waals surface area contributed by atoms with Gasteiger partial charge in [0, 0.05) is 17.9 Å². The molecule has 0 spiro atoms. The molecular formula is C12H13F3N2S. The standard InChI is InChI=1S/C12H13F3N2S/c1-6-5-18-12(16-7(6)2)17-11-4-9(14)8(13)3-10(11)15/h3-4,6-7H,5H2,1-2H3,(H,16,17). The summed E-state index contributed by atoms with van der Waals surface area (Å²) in [5, 5.41) is 3.23. The van der Waals surface area contributed by atoms with Crippen molar-refractivity contribution >= 4 is 22.6 Å². The third kappa shape index (κ3) is 2.80. The van der Waals surface area contributed by atoms with Crippen LogP contribution in [0.5, 0.6) is 0 Å². The lowest BCUT2D eigenvalue weighted by molar-refractivity contribution is 0.496. The third-order valence-corrected chi connectivity index (χ3v) is 4.05. The fourth-order valence-electron chi connectivity index (χ4n) is 1.50. The van der Waals surface area contributed by atoms with Gasteiger partial charge in [-0.25, -0.2) is 13.2 Å². The molecule has 1 aliphatic rings. The highest BCUT2D eigenvalue weighted by Crippen LogP contribution is 2.25. The molecule has 0 aliphatic carbocycles. The monoisotopic (exact) mass is 274 g/mol. The van der Waals surface area contributed by atoms with Crippen LogP contribution in [0, 0.1) is 23.4 Å². The number of nitrogens with zero attached hydrogens (tertiary/aromatic N) is 1. The summed E-state index contributed by atoms with van der Waals surface area (Å²) in [4.78, 5) is 4.34. The molecule has 6 heteroatoms. The van der Waals surface area contributed by atoms with Crippen molar-refractivity contribution in [3.63, 3.8) is 0 Å². The Balaban J connectivity index is 2.20. The van der Waals surface area contributed by atoms with Crippen LogP contribution < -0.4 is 5.32 Å². The van der Waals surface area contributed by atoms with Crippen molar-refractivity contribution in [1.82, 2.24) is 0 Å². The van der Waals surface area contributed by atoms with E-state index in [1.54, 1.807) is 0 Å². The normalized spacial score (nSPS) is 23.7. The Hall–Kier alpha value is -1.17. The van der Waals surface area contributed by atoms with Gasteiger partial charge < -0.3 is 5.32 Å². The molecule has 18 heavy (non-hydrogen) atoms. The van der Waals surface area contributed by atoms with Crippen molar-refractivity contribution in [2.45, 2.75) is 19.9 Å². The first-order valence-corrected chi connectivity index (χ1v) is 6.58.